The summed E-state index contributed by atoms with van der Waals surface area (Å²) in [5.41, 5.74) is 9.81. The van der Waals surface area contributed by atoms with Crippen molar-refractivity contribution in [2.45, 2.75) is 6.92 Å². The summed E-state index contributed by atoms with van der Waals surface area (Å²) in [5, 5.41) is 18.6. The van der Waals surface area contributed by atoms with Crippen molar-refractivity contribution in [2.24, 2.45) is 5.73 Å². The SMILES string of the molecule is CCOC=C1Nn2c(nnc2-c2ccc([N+](=O)[O-])o2)C=C1N. The third kappa shape index (κ3) is 2.26. The first-order chi connectivity index (χ1) is 10.6. The van der Waals surface area contributed by atoms with Crippen molar-refractivity contribution in [3.63, 3.8) is 0 Å². The van der Waals surface area contributed by atoms with Crippen molar-refractivity contribution in [1.29, 1.82) is 0 Å². The molecule has 0 saturated carbocycles. The lowest BCUT2D eigenvalue weighted by Crippen LogP contribution is -2.25. The Morgan fingerprint density at radius 1 is 1.55 bits per heavy atom. The second-order valence-corrected chi connectivity index (χ2v) is 4.31. The average Bonchev–Trinajstić information content (AvgIpc) is 3.10. The average molecular weight is 304 g/mol. The molecule has 10 heteroatoms. The van der Waals surface area contributed by atoms with Gasteiger partial charge in [-0.05, 0) is 13.0 Å². The van der Waals surface area contributed by atoms with E-state index in [1.165, 1.54) is 23.1 Å². The number of hydrogen-bond acceptors (Lipinski definition) is 8. The summed E-state index contributed by atoms with van der Waals surface area (Å²) in [6.07, 6.45) is 3.08. The lowest BCUT2D eigenvalue weighted by atomic mass is 10.3. The van der Waals surface area contributed by atoms with E-state index in [0.717, 1.165) is 0 Å². The molecule has 114 valence electrons. The zero-order valence-electron chi connectivity index (χ0n) is 11.5. The summed E-state index contributed by atoms with van der Waals surface area (Å²) in [6, 6.07) is 2.70. The van der Waals surface area contributed by atoms with Gasteiger partial charge in [-0.1, -0.05) is 0 Å². The number of ether oxygens (including phenoxy) is 1. The smallest absolute Gasteiger partial charge is 0.433 e. The molecular formula is C12H12N6O4. The first-order valence-electron chi connectivity index (χ1n) is 6.36. The molecule has 0 aliphatic carbocycles. The van der Waals surface area contributed by atoms with E-state index in [4.69, 9.17) is 14.9 Å². The molecule has 0 bridgehead atoms. The van der Waals surface area contributed by atoms with Gasteiger partial charge in [0.1, 0.15) is 16.9 Å². The summed E-state index contributed by atoms with van der Waals surface area (Å²) in [4.78, 5) is 10.1. The Morgan fingerprint density at radius 2 is 2.36 bits per heavy atom. The Labute approximate surface area is 124 Å². The van der Waals surface area contributed by atoms with Crippen molar-refractivity contribution in [3.05, 3.63) is 45.7 Å². The van der Waals surface area contributed by atoms with Crippen molar-refractivity contribution >= 4 is 12.0 Å². The number of nitrogens with one attached hydrogen (secondary N) is 1. The predicted octanol–water partition coefficient (Wildman–Crippen LogP) is 1.18. The number of nitrogens with zero attached hydrogens (tertiary/aromatic N) is 4. The van der Waals surface area contributed by atoms with Gasteiger partial charge in [0.2, 0.25) is 5.82 Å². The number of rotatable bonds is 4. The van der Waals surface area contributed by atoms with Gasteiger partial charge in [-0.2, -0.15) is 0 Å². The van der Waals surface area contributed by atoms with Crippen LogP contribution in [-0.4, -0.2) is 26.4 Å². The van der Waals surface area contributed by atoms with Crippen LogP contribution in [0.3, 0.4) is 0 Å². The molecule has 0 radical (unpaired) electrons. The Hall–Kier alpha value is -3.30. The fourth-order valence-corrected chi connectivity index (χ4v) is 1.87. The molecule has 0 amide bonds. The lowest BCUT2D eigenvalue weighted by molar-refractivity contribution is -0.401. The van der Waals surface area contributed by atoms with Gasteiger partial charge in [0, 0.05) is 6.08 Å². The molecule has 2 aromatic rings. The third-order valence-electron chi connectivity index (χ3n) is 2.88. The second-order valence-electron chi connectivity index (χ2n) is 4.31. The molecular weight excluding hydrogens is 292 g/mol. The maximum absolute atomic E-state index is 10.7. The van der Waals surface area contributed by atoms with Crippen LogP contribution in [0.5, 0.6) is 0 Å². The monoisotopic (exact) mass is 304 g/mol. The van der Waals surface area contributed by atoms with Gasteiger partial charge in [-0.3, -0.25) is 15.5 Å². The van der Waals surface area contributed by atoms with E-state index in [1.54, 1.807) is 6.08 Å². The van der Waals surface area contributed by atoms with E-state index in [9.17, 15) is 10.1 Å². The molecule has 3 rings (SSSR count). The molecule has 1 aliphatic heterocycles. The highest BCUT2D eigenvalue weighted by Gasteiger charge is 2.23. The maximum atomic E-state index is 10.7. The standard InChI is InChI=1S/C12H12N6O4/c1-2-21-6-8-7(13)5-10-14-15-12(17(10)16-8)9-3-4-11(22-9)18(19)20/h3-6,16H,2,13H2,1H3. The molecule has 1 aliphatic rings. The van der Waals surface area contributed by atoms with Crippen LogP contribution >= 0.6 is 0 Å². The van der Waals surface area contributed by atoms with E-state index >= 15 is 0 Å². The van der Waals surface area contributed by atoms with Crippen LogP contribution in [0.1, 0.15) is 12.7 Å². The van der Waals surface area contributed by atoms with E-state index in [-0.39, 0.29) is 17.5 Å². The fraction of sp³-hybridized carbons (Fsp3) is 0.167. The summed E-state index contributed by atoms with van der Waals surface area (Å²) in [5.74, 6) is 0.570. The number of hydrogen-bond donors (Lipinski definition) is 2. The molecule has 10 nitrogen and oxygen atoms in total. The topological polar surface area (TPSA) is 134 Å². The second kappa shape index (κ2) is 5.24. The highest BCUT2D eigenvalue weighted by Crippen LogP contribution is 2.27. The Morgan fingerprint density at radius 3 is 3.05 bits per heavy atom. The molecule has 3 heterocycles. The van der Waals surface area contributed by atoms with E-state index in [0.29, 0.717) is 23.8 Å². The van der Waals surface area contributed by atoms with Crippen LogP contribution in [0.2, 0.25) is 0 Å². The normalized spacial score (nSPS) is 15.1. The predicted molar refractivity (Wildman–Crippen MR) is 75.6 cm³/mol. The van der Waals surface area contributed by atoms with Gasteiger partial charge in [-0.15, -0.1) is 10.2 Å². The van der Waals surface area contributed by atoms with E-state index in [2.05, 4.69) is 15.6 Å². The van der Waals surface area contributed by atoms with Crippen molar-refractivity contribution in [1.82, 2.24) is 14.9 Å². The minimum absolute atomic E-state index is 0.211. The summed E-state index contributed by atoms with van der Waals surface area (Å²) in [6.45, 7) is 2.34. The molecule has 0 saturated heterocycles. The third-order valence-corrected chi connectivity index (χ3v) is 2.88. The molecule has 2 aromatic heterocycles. The van der Waals surface area contributed by atoms with E-state index in [1.807, 2.05) is 6.92 Å². The molecule has 22 heavy (non-hydrogen) atoms. The molecule has 0 unspecified atom stereocenters. The van der Waals surface area contributed by atoms with Gasteiger partial charge < -0.3 is 14.9 Å². The zero-order valence-corrected chi connectivity index (χ0v) is 11.5. The molecule has 0 fully saturated rings. The number of furan rings is 1. The van der Waals surface area contributed by atoms with Gasteiger partial charge in [0.05, 0.1) is 18.4 Å². The van der Waals surface area contributed by atoms with Gasteiger partial charge in [0.25, 0.3) is 0 Å². The van der Waals surface area contributed by atoms with Crippen LogP contribution in [0, 0.1) is 10.1 Å². The highest BCUT2D eigenvalue weighted by atomic mass is 16.6. The Bertz CT molecular complexity index is 787. The number of aromatic nitrogens is 3. The van der Waals surface area contributed by atoms with Crippen LogP contribution in [-0.2, 0) is 4.74 Å². The molecule has 0 spiro atoms. The van der Waals surface area contributed by atoms with Crippen molar-refractivity contribution in [2.75, 3.05) is 12.0 Å². The first kappa shape index (κ1) is 13.7. The molecule has 0 aromatic carbocycles. The Balaban J connectivity index is 1.99. The van der Waals surface area contributed by atoms with E-state index < -0.39 is 4.92 Å². The quantitative estimate of drug-likeness (QED) is 0.488. The first-order valence-corrected chi connectivity index (χ1v) is 6.36. The summed E-state index contributed by atoms with van der Waals surface area (Å²) >= 11 is 0. The highest BCUT2D eigenvalue weighted by molar-refractivity contribution is 5.61. The van der Waals surface area contributed by atoms with Crippen LogP contribution in [0.25, 0.3) is 17.7 Å². The Kier molecular flexibility index (Phi) is 3.26. The number of nitro groups is 1. The number of fused-ring (bicyclic) bond motifs is 1. The summed E-state index contributed by atoms with van der Waals surface area (Å²) < 4.78 is 11.8. The fourth-order valence-electron chi connectivity index (χ4n) is 1.87. The molecule has 3 N–H and O–H groups in total. The van der Waals surface area contributed by atoms with Gasteiger partial charge in [0.15, 0.2) is 11.6 Å². The van der Waals surface area contributed by atoms with Crippen molar-refractivity contribution in [3.8, 4) is 11.6 Å². The zero-order chi connectivity index (χ0) is 15.7. The summed E-state index contributed by atoms with van der Waals surface area (Å²) in [7, 11) is 0. The largest absolute Gasteiger partial charge is 0.499 e. The maximum Gasteiger partial charge on any atom is 0.433 e. The number of nitrogens with two attached hydrogens (primary N) is 1. The van der Waals surface area contributed by atoms with Crippen LogP contribution in [0.4, 0.5) is 5.88 Å². The minimum Gasteiger partial charge on any atom is -0.499 e. The van der Waals surface area contributed by atoms with Gasteiger partial charge >= 0.3 is 5.88 Å². The van der Waals surface area contributed by atoms with Crippen LogP contribution in [0.15, 0.2) is 34.2 Å². The van der Waals surface area contributed by atoms with Crippen LogP contribution < -0.4 is 11.2 Å². The van der Waals surface area contributed by atoms with Gasteiger partial charge in [-0.25, -0.2) is 4.68 Å². The molecule has 0 atom stereocenters. The van der Waals surface area contributed by atoms with Crippen molar-refractivity contribution < 1.29 is 14.1 Å². The lowest BCUT2D eigenvalue weighted by Gasteiger charge is -2.18. The minimum atomic E-state index is -0.622.